The summed E-state index contributed by atoms with van der Waals surface area (Å²) in [6.45, 7) is 8.41. The van der Waals surface area contributed by atoms with E-state index in [-0.39, 0.29) is 0 Å². The van der Waals surface area contributed by atoms with Crippen LogP contribution < -0.4 is 0 Å². The zero-order valence-electron chi connectivity index (χ0n) is 8.93. The predicted octanol–water partition coefficient (Wildman–Crippen LogP) is 2.58. The number of hydrogen-bond acceptors (Lipinski definition) is 2. The van der Waals surface area contributed by atoms with Crippen LogP contribution in [0.3, 0.4) is 0 Å². The average Bonchev–Trinajstić information content (AvgIpc) is 2.01. The second-order valence-electron chi connectivity index (χ2n) is 3.76. The van der Waals surface area contributed by atoms with Crippen LogP contribution in [0, 0.1) is 5.92 Å². The molecule has 0 saturated heterocycles. The number of hydrogen-bond donors (Lipinski definition) is 0. The lowest BCUT2D eigenvalue weighted by Crippen LogP contribution is -2.10. The molecule has 0 rings (SSSR count). The van der Waals surface area contributed by atoms with Crippen LogP contribution in [-0.2, 0) is 9.53 Å². The van der Waals surface area contributed by atoms with Gasteiger partial charge < -0.3 is 4.74 Å². The monoisotopic (exact) mass is 184 g/mol. The molecule has 0 fully saturated rings. The standard InChI is InChI=1S/C11H20O2/c1-9(2)5-6-11(12)7-10(3)8-13-4/h10H,1,5-8H2,2-4H3. The highest BCUT2D eigenvalue weighted by Crippen LogP contribution is 2.08. The molecule has 0 amide bonds. The Hall–Kier alpha value is -0.630. The summed E-state index contributed by atoms with van der Waals surface area (Å²) < 4.78 is 4.96. The van der Waals surface area contributed by atoms with Crippen molar-refractivity contribution in [3.8, 4) is 0 Å². The first-order chi connectivity index (χ1) is 6.06. The minimum atomic E-state index is 0.313. The Bertz CT molecular complexity index is 173. The van der Waals surface area contributed by atoms with Gasteiger partial charge in [0.05, 0.1) is 0 Å². The van der Waals surface area contributed by atoms with Gasteiger partial charge in [-0.25, -0.2) is 0 Å². The van der Waals surface area contributed by atoms with E-state index in [0.717, 1.165) is 12.0 Å². The highest BCUT2D eigenvalue weighted by atomic mass is 16.5. The molecule has 13 heavy (non-hydrogen) atoms. The zero-order chi connectivity index (χ0) is 10.3. The molecule has 0 aliphatic rings. The molecule has 0 N–H and O–H groups in total. The maximum absolute atomic E-state index is 11.3. The lowest BCUT2D eigenvalue weighted by Gasteiger charge is -2.08. The number of ketones is 1. The van der Waals surface area contributed by atoms with Gasteiger partial charge >= 0.3 is 0 Å². The zero-order valence-corrected chi connectivity index (χ0v) is 8.93. The number of Topliss-reactive ketones (excluding diaryl/α,β-unsaturated/α-hetero) is 1. The van der Waals surface area contributed by atoms with Crippen molar-refractivity contribution < 1.29 is 9.53 Å². The molecule has 0 heterocycles. The van der Waals surface area contributed by atoms with Crippen LogP contribution in [-0.4, -0.2) is 19.5 Å². The molecular formula is C11H20O2. The molecule has 0 spiro atoms. The summed E-state index contributed by atoms with van der Waals surface area (Å²) in [5, 5.41) is 0. The van der Waals surface area contributed by atoms with Crippen molar-refractivity contribution in [2.75, 3.05) is 13.7 Å². The van der Waals surface area contributed by atoms with E-state index in [1.807, 2.05) is 13.8 Å². The molecule has 0 aliphatic heterocycles. The Morgan fingerprint density at radius 3 is 2.54 bits per heavy atom. The van der Waals surface area contributed by atoms with E-state index in [1.54, 1.807) is 7.11 Å². The molecule has 1 atom stereocenters. The minimum Gasteiger partial charge on any atom is -0.384 e. The van der Waals surface area contributed by atoms with Gasteiger partial charge in [0.2, 0.25) is 0 Å². The van der Waals surface area contributed by atoms with Crippen molar-refractivity contribution in [3.05, 3.63) is 12.2 Å². The predicted molar refractivity (Wildman–Crippen MR) is 54.7 cm³/mol. The summed E-state index contributed by atoms with van der Waals surface area (Å²) in [7, 11) is 1.66. The largest absolute Gasteiger partial charge is 0.384 e. The van der Waals surface area contributed by atoms with Gasteiger partial charge in [-0.3, -0.25) is 4.79 Å². The van der Waals surface area contributed by atoms with E-state index >= 15 is 0 Å². The lowest BCUT2D eigenvalue weighted by atomic mass is 10.0. The van der Waals surface area contributed by atoms with Gasteiger partial charge in [0.1, 0.15) is 5.78 Å². The third kappa shape index (κ3) is 7.72. The summed E-state index contributed by atoms with van der Waals surface area (Å²) in [6, 6.07) is 0. The van der Waals surface area contributed by atoms with Gasteiger partial charge in [-0.05, 0) is 19.3 Å². The molecule has 0 bridgehead atoms. The highest BCUT2D eigenvalue weighted by molar-refractivity contribution is 5.78. The molecule has 1 unspecified atom stereocenters. The van der Waals surface area contributed by atoms with Gasteiger partial charge in [0.15, 0.2) is 0 Å². The van der Waals surface area contributed by atoms with Gasteiger partial charge in [-0.15, -0.1) is 6.58 Å². The number of carbonyl (C=O) groups is 1. The van der Waals surface area contributed by atoms with Crippen molar-refractivity contribution in [2.24, 2.45) is 5.92 Å². The summed E-state index contributed by atoms with van der Waals surface area (Å²) >= 11 is 0. The van der Waals surface area contributed by atoms with Crippen LogP contribution in [0.2, 0.25) is 0 Å². The van der Waals surface area contributed by atoms with Gasteiger partial charge in [0, 0.05) is 26.6 Å². The number of methoxy groups -OCH3 is 1. The Morgan fingerprint density at radius 2 is 2.08 bits per heavy atom. The quantitative estimate of drug-likeness (QED) is 0.568. The van der Waals surface area contributed by atoms with E-state index in [1.165, 1.54) is 0 Å². The first-order valence-electron chi connectivity index (χ1n) is 4.71. The summed E-state index contributed by atoms with van der Waals surface area (Å²) in [5.74, 6) is 0.648. The number of carbonyl (C=O) groups excluding carboxylic acids is 1. The molecule has 2 heteroatoms. The first kappa shape index (κ1) is 12.4. The van der Waals surface area contributed by atoms with Crippen LogP contribution in [0.15, 0.2) is 12.2 Å². The highest BCUT2D eigenvalue weighted by Gasteiger charge is 2.08. The van der Waals surface area contributed by atoms with Crippen molar-refractivity contribution in [1.82, 2.24) is 0 Å². The van der Waals surface area contributed by atoms with Gasteiger partial charge in [-0.2, -0.15) is 0 Å². The first-order valence-corrected chi connectivity index (χ1v) is 4.71. The summed E-state index contributed by atoms with van der Waals surface area (Å²) in [6.07, 6.45) is 2.07. The second kappa shape index (κ2) is 6.84. The van der Waals surface area contributed by atoms with Crippen molar-refractivity contribution in [1.29, 1.82) is 0 Å². The van der Waals surface area contributed by atoms with Crippen LogP contribution >= 0.6 is 0 Å². The average molecular weight is 184 g/mol. The normalized spacial score (nSPS) is 12.5. The Kier molecular flexibility index (Phi) is 6.51. The van der Waals surface area contributed by atoms with Gasteiger partial charge in [-0.1, -0.05) is 12.5 Å². The molecule has 0 aliphatic carbocycles. The maximum atomic E-state index is 11.3. The topological polar surface area (TPSA) is 26.3 Å². The van der Waals surface area contributed by atoms with E-state index in [4.69, 9.17) is 4.74 Å². The fourth-order valence-corrected chi connectivity index (χ4v) is 1.19. The van der Waals surface area contributed by atoms with E-state index in [9.17, 15) is 4.79 Å². The van der Waals surface area contributed by atoms with Crippen molar-refractivity contribution >= 4 is 5.78 Å². The Morgan fingerprint density at radius 1 is 1.46 bits per heavy atom. The number of ether oxygens (including phenoxy) is 1. The molecule has 0 aromatic carbocycles. The summed E-state index contributed by atoms with van der Waals surface area (Å²) in [5.41, 5.74) is 1.08. The molecule has 0 saturated carbocycles. The second-order valence-corrected chi connectivity index (χ2v) is 3.76. The maximum Gasteiger partial charge on any atom is 0.133 e. The van der Waals surface area contributed by atoms with Crippen molar-refractivity contribution in [3.63, 3.8) is 0 Å². The fraction of sp³-hybridized carbons (Fsp3) is 0.727. The van der Waals surface area contributed by atoms with Crippen LogP contribution in [0.25, 0.3) is 0 Å². The van der Waals surface area contributed by atoms with Crippen molar-refractivity contribution in [2.45, 2.75) is 33.1 Å². The lowest BCUT2D eigenvalue weighted by molar-refractivity contribution is -0.120. The van der Waals surface area contributed by atoms with Crippen LogP contribution in [0.1, 0.15) is 33.1 Å². The minimum absolute atomic E-state index is 0.313. The SMILES string of the molecule is C=C(C)CCC(=O)CC(C)COC. The van der Waals surface area contributed by atoms with Crippen LogP contribution in [0.5, 0.6) is 0 Å². The molecule has 0 aromatic heterocycles. The smallest absolute Gasteiger partial charge is 0.133 e. The summed E-state index contributed by atoms with van der Waals surface area (Å²) in [4.78, 5) is 11.3. The number of allylic oxidation sites excluding steroid dienone is 1. The molecule has 76 valence electrons. The molecule has 2 nitrogen and oxygen atoms in total. The third-order valence-electron chi connectivity index (χ3n) is 1.86. The fourth-order valence-electron chi connectivity index (χ4n) is 1.19. The molecular weight excluding hydrogens is 164 g/mol. The van der Waals surface area contributed by atoms with E-state index in [2.05, 4.69) is 6.58 Å². The Labute approximate surface area is 81.0 Å². The number of rotatable bonds is 7. The van der Waals surface area contributed by atoms with E-state index in [0.29, 0.717) is 31.1 Å². The van der Waals surface area contributed by atoms with Gasteiger partial charge in [0.25, 0.3) is 0 Å². The molecule has 0 aromatic rings. The molecule has 0 radical (unpaired) electrons. The third-order valence-corrected chi connectivity index (χ3v) is 1.86. The van der Waals surface area contributed by atoms with E-state index < -0.39 is 0 Å². The Balaban J connectivity index is 3.55. The van der Waals surface area contributed by atoms with Crippen LogP contribution in [0.4, 0.5) is 0 Å².